The van der Waals surface area contributed by atoms with Crippen molar-refractivity contribution in [1.29, 1.82) is 0 Å². The first kappa shape index (κ1) is 12.9. The van der Waals surface area contributed by atoms with E-state index in [1.54, 1.807) is 37.4 Å². The largest absolute Gasteiger partial charge is 0.310 e. The summed E-state index contributed by atoms with van der Waals surface area (Å²) in [5.41, 5.74) is 1.25. The number of benzene rings is 2. The summed E-state index contributed by atoms with van der Waals surface area (Å²) in [5, 5.41) is 0.999. The molecule has 0 saturated carbocycles. The van der Waals surface area contributed by atoms with Crippen molar-refractivity contribution in [1.82, 2.24) is 0 Å². The monoisotopic (exact) mass is 279 g/mol. The summed E-state index contributed by atoms with van der Waals surface area (Å²) in [5.74, 6) is -0.111. The van der Waals surface area contributed by atoms with Crippen molar-refractivity contribution < 1.29 is 4.79 Å². The van der Waals surface area contributed by atoms with Crippen LogP contribution in [-0.4, -0.2) is 13.0 Å². The Balaban J connectivity index is 2.31. The van der Waals surface area contributed by atoms with Crippen molar-refractivity contribution in [2.45, 2.75) is 0 Å². The van der Waals surface area contributed by atoms with Gasteiger partial charge in [0.05, 0.1) is 10.7 Å². The van der Waals surface area contributed by atoms with E-state index in [4.69, 9.17) is 23.2 Å². The van der Waals surface area contributed by atoms with Crippen molar-refractivity contribution in [3.05, 3.63) is 64.1 Å². The minimum atomic E-state index is -0.111. The first-order valence-corrected chi connectivity index (χ1v) is 6.13. The molecule has 18 heavy (non-hydrogen) atoms. The zero-order valence-corrected chi connectivity index (χ0v) is 11.2. The van der Waals surface area contributed by atoms with Gasteiger partial charge in [0.1, 0.15) is 0 Å². The molecule has 0 bridgehead atoms. The third-order valence-electron chi connectivity index (χ3n) is 2.60. The molecule has 0 fully saturated rings. The average Bonchev–Trinajstić information content (AvgIpc) is 2.38. The molecule has 0 aromatic heterocycles. The number of hydrogen-bond acceptors (Lipinski definition) is 1. The minimum Gasteiger partial charge on any atom is -0.310 e. The standard InChI is InChI=1S/C14H11Cl2NO/c1-17(13-8-7-11(15)9-12(13)16)14(18)10-5-3-2-4-6-10/h2-9H,1H3. The molecular weight excluding hydrogens is 269 g/mol. The van der Waals surface area contributed by atoms with E-state index < -0.39 is 0 Å². The number of carbonyl (C=O) groups is 1. The molecule has 0 spiro atoms. The van der Waals surface area contributed by atoms with Crippen molar-refractivity contribution in [2.24, 2.45) is 0 Å². The topological polar surface area (TPSA) is 20.3 Å². The third-order valence-corrected chi connectivity index (χ3v) is 3.13. The Hall–Kier alpha value is -1.51. The molecule has 0 heterocycles. The van der Waals surface area contributed by atoms with E-state index in [1.165, 1.54) is 4.90 Å². The summed E-state index contributed by atoms with van der Waals surface area (Å²) in [6.45, 7) is 0. The Morgan fingerprint density at radius 1 is 1.06 bits per heavy atom. The van der Waals surface area contributed by atoms with Gasteiger partial charge in [0, 0.05) is 17.6 Å². The van der Waals surface area contributed by atoms with E-state index in [2.05, 4.69) is 0 Å². The van der Waals surface area contributed by atoms with Gasteiger partial charge in [0.15, 0.2) is 0 Å². The van der Waals surface area contributed by atoms with Gasteiger partial charge >= 0.3 is 0 Å². The van der Waals surface area contributed by atoms with Gasteiger partial charge in [-0.15, -0.1) is 0 Å². The maximum atomic E-state index is 12.2. The molecule has 2 rings (SSSR count). The quantitative estimate of drug-likeness (QED) is 0.804. The van der Waals surface area contributed by atoms with Crippen LogP contribution in [0.2, 0.25) is 10.0 Å². The molecule has 0 atom stereocenters. The molecule has 0 aliphatic heterocycles. The summed E-state index contributed by atoms with van der Waals surface area (Å²) in [4.78, 5) is 13.7. The highest BCUT2D eigenvalue weighted by Gasteiger charge is 2.15. The molecule has 0 N–H and O–H groups in total. The van der Waals surface area contributed by atoms with E-state index in [-0.39, 0.29) is 5.91 Å². The van der Waals surface area contributed by atoms with Gasteiger partial charge in [-0.3, -0.25) is 4.79 Å². The van der Waals surface area contributed by atoms with Crippen LogP contribution in [0.4, 0.5) is 5.69 Å². The molecule has 2 aromatic carbocycles. The van der Waals surface area contributed by atoms with E-state index in [0.29, 0.717) is 21.3 Å². The van der Waals surface area contributed by atoms with E-state index in [1.807, 2.05) is 18.2 Å². The smallest absolute Gasteiger partial charge is 0.258 e. The fraction of sp³-hybridized carbons (Fsp3) is 0.0714. The van der Waals surface area contributed by atoms with Gasteiger partial charge in [-0.2, -0.15) is 0 Å². The van der Waals surface area contributed by atoms with E-state index in [0.717, 1.165) is 0 Å². The highest BCUT2D eigenvalue weighted by Crippen LogP contribution is 2.28. The number of amides is 1. The molecular formula is C14H11Cl2NO. The lowest BCUT2D eigenvalue weighted by Gasteiger charge is -2.18. The average molecular weight is 280 g/mol. The van der Waals surface area contributed by atoms with Crippen LogP contribution in [-0.2, 0) is 0 Å². The van der Waals surface area contributed by atoms with Gasteiger partial charge in [0.25, 0.3) is 5.91 Å². The Morgan fingerprint density at radius 2 is 1.72 bits per heavy atom. The van der Waals surface area contributed by atoms with E-state index in [9.17, 15) is 4.79 Å². The van der Waals surface area contributed by atoms with Crippen molar-refractivity contribution in [3.8, 4) is 0 Å². The fourth-order valence-corrected chi connectivity index (χ4v) is 2.17. The SMILES string of the molecule is CN(C(=O)c1ccccc1)c1ccc(Cl)cc1Cl. The summed E-state index contributed by atoms with van der Waals surface area (Å²) in [7, 11) is 1.68. The van der Waals surface area contributed by atoms with Gasteiger partial charge in [-0.25, -0.2) is 0 Å². The predicted molar refractivity (Wildman–Crippen MR) is 75.6 cm³/mol. The highest BCUT2D eigenvalue weighted by molar-refractivity contribution is 6.36. The number of nitrogens with zero attached hydrogens (tertiary/aromatic N) is 1. The molecule has 4 heteroatoms. The minimum absolute atomic E-state index is 0.111. The van der Waals surface area contributed by atoms with Crippen molar-refractivity contribution in [2.75, 3.05) is 11.9 Å². The number of anilines is 1. The highest BCUT2D eigenvalue weighted by atomic mass is 35.5. The Bertz CT molecular complexity index is 569. The lowest BCUT2D eigenvalue weighted by Crippen LogP contribution is -2.26. The third kappa shape index (κ3) is 2.66. The van der Waals surface area contributed by atoms with Crippen LogP contribution in [0.25, 0.3) is 0 Å². The van der Waals surface area contributed by atoms with Crippen LogP contribution in [0.15, 0.2) is 48.5 Å². The maximum Gasteiger partial charge on any atom is 0.258 e. The molecule has 2 aromatic rings. The zero-order valence-electron chi connectivity index (χ0n) is 9.73. The number of carbonyl (C=O) groups excluding carboxylic acids is 1. The van der Waals surface area contributed by atoms with Crippen LogP contribution < -0.4 is 4.90 Å². The van der Waals surface area contributed by atoms with Crippen LogP contribution in [0.3, 0.4) is 0 Å². The van der Waals surface area contributed by atoms with Crippen LogP contribution in [0.1, 0.15) is 10.4 Å². The Kier molecular flexibility index (Phi) is 3.90. The summed E-state index contributed by atoms with van der Waals surface area (Å²) in [6, 6.07) is 14.1. The van der Waals surface area contributed by atoms with Crippen LogP contribution in [0.5, 0.6) is 0 Å². The van der Waals surface area contributed by atoms with Crippen LogP contribution in [0, 0.1) is 0 Å². The van der Waals surface area contributed by atoms with Gasteiger partial charge in [-0.1, -0.05) is 41.4 Å². The van der Waals surface area contributed by atoms with Gasteiger partial charge in [0.2, 0.25) is 0 Å². The van der Waals surface area contributed by atoms with Crippen LogP contribution >= 0.6 is 23.2 Å². The van der Waals surface area contributed by atoms with Crippen molar-refractivity contribution >= 4 is 34.8 Å². The van der Waals surface area contributed by atoms with Gasteiger partial charge in [-0.05, 0) is 30.3 Å². The molecule has 2 nitrogen and oxygen atoms in total. The molecule has 92 valence electrons. The van der Waals surface area contributed by atoms with Gasteiger partial charge < -0.3 is 4.90 Å². The second-order valence-corrected chi connectivity index (χ2v) is 4.67. The number of hydrogen-bond donors (Lipinski definition) is 0. The second kappa shape index (κ2) is 5.42. The molecule has 0 saturated heterocycles. The normalized spacial score (nSPS) is 10.2. The summed E-state index contributed by atoms with van der Waals surface area (Å²) in [6.07, 6.45) is 0. The van der Waals surface area contributed by atoms with Crippen molar-refractivity contribution in [3.63, 3.8) is 0 Å². The molecule has 0 unspecified atom stereocenters. The molecule has 0 radical (unpaired) electrons. The Labute approximate surface area is 116 Å². The number of rotatable bonds is 2. The summed E-state index contributed by atoms with van der Waals surface area (Å²) < 4.78 is 0. The first-order valence-electron chi connectivity index (χ1n) is 5.38. The lowest BCUT2D eigenvalue weighted by molar-refractivity contribution is 0.0993. The number of halogens is 2. The Morgan fingerprint density at radius 3 is 2.33 bits per heavy atom. The first-order chi connectivity index (χ1) is 8.59. The molecule has 0 aliphatic carbocycles. The molecule has 0 aliphatic rings. The molecule has 1 amide bonds. The second-order valence-electron chi connectivity index (χ2n) is 3.83. The fourth-order valence-electron chi connectivity index (χ4n) is 1.64. The zero-order chi connectivity index (χ0) is 13.1. The maximum absolute atomic E-state index is 12.2. The van der Waals surface area contributed by atoms with E-state index >= 15 is 0 Å². The lowest BCUT2D eigenvalue weighted by atomic mass is 10.2. The predicted octanol–water partition coefficient (Wildman–Crippen LogP) is 4.27. The summed E-state index contributed by atoms with van der Waals surface area (Å²) >= 11 is 11.9.